The first-order valence-electron chi connectivity index (χ1n) is 12.6. The van der Waals surface area contributed by atoms with Crippen molar-refractivity contribution in [3.8, 4) is 0 Å². The summed E-state index contributed by atoms with van der Waals surface area (Å²) in [5, 5.41) is 11.1. The highest BCUT2D eigenvalue weighted by atomic mass is 35.5. The number of rotatable bonds is 16. The average molecular weight is 527 g/mol. The van der Waals surface area contributed by atoms with Gasteiger partial charge in [-0.1, -0.05) is 50.4 Å². The van der Waals surface area contributed by atoms with Gasteiger partial charge in [-0.05, 0) is 44.3 Å². The van der Waals surface area contributed by atoms with E-state index in [1.165, 1.54) is 26.0 Å². The molecule has 1 aliphatic carbocycles. The molecule has 202 valence electrons. The fourth-order valence-electron chi connectivity index (χ4n) is 3.77. The molecule has 1 rings (SSSR count). The van der Waals surface area contributed by atoms with Gasteiger partial charge in [0.25, 0.3) is 0 Å². The van der Waals surface area contributed by atoms with Gasteiger partial charge < -0.3 is 19.3 Å². The van der Waals surface area contributed by atoms with Crippen molar-refractivity contribution in [3.63, 3.8) is 0 Å². The molecule has 0 radical (unpaired) electrons. The molecule has 36 heavy (non-hydrogen) atoms. The number of halogens is 1. The Morgan fingerprint density at radius 2 is 1.75 bits per heavy atom. The topological polar surface area (TPSA) is 116 Å². The van der Waals surface area contributed by atoms with Crippen LogP contribution >= 0.6 is 11.6 Å². The number of aliphatic hydroxyl groups is 1. The summed E-state index contributed by atoms with van der Waals surface area (Å²) < 4.78 is 15.8. The average Bonchev–Trinajstić information content (AvgIpc) is 3.01. The molecule has 0 aromatic heterocycles. The molecule has 3 unspecified atom stereocenters. The van der Waals surface area contributed by atoms with Crippen molar-refractivity contribution in [1.29, 1.82) is 0 Å². The Hall–Kier alpha value is -2.45. The van der Waals surface area contributed by atoms with Crippen molar-refractivity contribution < 1.29 is 38.5 Å². The van der Waals surface area contributed by atoms with E-state index >= 15 is 0 Å². The van der Waals surface area contributed by atoms with Gasteiger partial charge in [0.1, 0.15) is 11.7 Å². The minimum Gasteiger partial charge on any atom is -0.466 e. The summed E-state index contributed by atoms with van der Waals surface area (Å²) in [4.78, 5) is 48.3. The van der Waals surface area contributed by atoms with Crippen molar-refractivity contribution in [1.82, 2.24) is 0 Å². The number of esters is 3. The van der Waals surface area contributed by atoms with Crippen LogP contribution in [-0.4, -0.2) is 53.2 Å². The molecule has 0 spiro atoms. The van der Waals surface area contributed by atoms with Crippen LogP contribution in [0.4, 0.5) is 0 Å². The van der Waals surface area contributed by atoms with E-state index in [-0.39, 0.29) is 35.8 Å². The molecule has 0 aromatic carbocycles. The zero-order valence-electron chi connectivity index (χ0n) is 21.7. The van der Waals surface area contributed by atoms with Crippen molar-refractivity contribution >= 4 is 35.3 Å². The quantitative estimate of drug-likeness (QED) is 0.0995. The molecule has 0 saturated carbocycles. The van der Waals surface area contributed by atoms with Gasteiger partial charge in [0.15, 0.2) is 6.10 Å². The van der Waals surface area contributed by atoms with Crippen LogP contribution in [0.2, 0.25) is 0 Å². The Kier molecular flexibility index (Phi) is 14.3. The Morgan fingerprint density at radius 1 is 1.06 bits per heavy atom. The molecule has 1 aliphatic rings. The highest BCUT2D eigenvalue weighted by Gasteiger charge is 2.42. The molecule has 0 amide bonds. The minimum absolute atomic E-state index is 0.0588. The van der Waals surface area contributed by atoms with E-state index < -0.39 is 35.5 Å². The summed E-state index contributed by atoms with van der Waals surface area (Å²) in [6.07, 6.45) is 9.53. The molecule has 0 aromatic rings. The molecule has 0 saturated heterocycles. The lowest BCUT2D eigenvalue weighted by molar-refractivity contribution is -0.162. The SMILES string of the molecule is CCCCC/C=C/CC1(O)C=C(Cl)C(=O)/C1=C\C(OC(C)=O)C(CCCC(=O)OCCC)OC(C)=O. The van der Waals surface area contributed by atoms with Crippen molar-refractivity contribution in [2.75, 3.05) is 6.61 Å². The van der Waals surface area contributed by atoms with Crippen molar-refractivity contribution in [2.45, 2.75) is 103 Å². The van der Waals surface area contributed by atoms with Crippen LogP contribution in [0.15, 0.2) is 34.9 Å². The zero-order chi connectivity index (χ0) is 27.1. The first kappa shape index (κ1) is 31.6. The number of ether oxygens (including phenoxy) is 3. The predicted molar refractivity (Wildman–Crippen MR) is 136 cm³/mol. The molecule has 0 fully saturated rings. The molecule has 0 heterocycles. The third-order valence-corrected chi connectivity index (χ3v) is 5.80. The maximum atomic E-state index is 12.8. The van der Waals surface area contributed by atoms with Gasteiger partial charge in [-0.3, -0.25) is 19.2 Å². The highest BCUT2D eigenvalue weighted by Crippen LogP contribution is 2.37. The van der Waals surface area contributed by atoms with Gasteiger partial charge in [0.2, 0.25) is 5.78 Å². The van der Waals surface area contributed by atoms with E-state index in [4.69, 9.17) is 25.8 Å². The lowest BCUT2D eigenvalue weighted by Gasteiger charge is -2.27. The number of unbranched alkanes of at least 4 members (excludes halogenated alkanes) is 3. The first-order chi connectivity index (χ1) is 17.0. The van der Waals surface area contributed by atoms with Crippen LogP contribution in [0.5, 0.6) is 0 Å². The van der Waals surface area contributed by atoms with E-state index in [2.05, 4.69) is 6.92 Å². The van der Waals surface area contributed by atoms with Gasteiger partial charge >= 0.3 is 17.9 Å². The normalized spacial score (nSPS) is 20.3. The fraction of sp³-hybridized carbons (Fsp3) is 0.630. The molecule has 9 heteroatoms. The molecule has 1 N–H and O–H groups in total. The molecule has 3 atom stereocenters. The van der Waals surface area contributed by atoms with Crippen molar-refractivity contribution in [3.05, 3.63) is 34.9 Å². The van der Waals surface area contributed by atoms with E-state index in [1.807, 2.05) is 13.0 Å². The standard InChI is InChI=1S/C27H39ClO8/c1-5-7-8-9-10-11-15-27(33)18-22(28)26(32)21(27)17-24(36-20(4)30)23(35-19(3)29)13-12-14-25(31)34-16-6-2/h10-11,17-18,23-24,33H,5-9,12-16H2,1-4H3/b11-10+,21-17+. The number of hydrogen-bond donors (Lipinski definition) is 1. The monoisotopic (exact) mass is 526 g/mol. The smallest absolute Gasteiger partial charge is 0.305 e. The summed E-state index contributed by atoms with van der Waals surface area (Å²) in [5.41, 5.74) is -1.75. The molecule has 8 nitrogen and oxygen atoms in total. The van der Waals surface area contributed by atoms with E-state index in [1.54, 1.807) is 6.08 Å². The van der Waals surface area contributed by atoms with E-state index in [0.717, 1.165) is 25.7 Å². The fourth-order valence-corrected chi connectivity index (χ4v) is 4.05. The number of Topliss-reactive ketones (excluding diaryl/α,β-unsaturated/α-hetero) is 1. The summed E-state index contributed by atoms with van der Waals surface area (Å²) in [7, 11) is 0. The molecule has 0 aliphatic heterocycles. The van der Waals surface area contributed by atoms with Gasteiger partial charge in [-0.2, -0.15) is 0 Å². The summed E-state index contributed by atoms with van der Waals surface area (Å²) in [6.45, 7) is 6.71. The number of ketones is 1. The number of allylic oxidation sites excluding steroid dienone is 2. The summed E-state index contributed by atoms with van der Waals surface area (Å²) in [6, 6.07) is 0. The Bertz CT molecular complexity index is 860. The van der Waals surface area contributed by atoms with Gasteiger partial charge in [-0.25, -0.2) is 0 Å². The molecule has 0 bridgehead atoms. The second-order valence-corrected chi connectivity index (χ2v) is 9.24. The Labute approximate surface area is 218 Å². The van der Waals surface area contributed by atoms with Crippen LogP contribution in [-0.2, 0) is 33.4 Å². The maximum absolute atomic E-state index is 12.8. The Morgan fingerprint density at radius 3 is 2.36 bits per heavy atom. The summed E-state index contributed by atoms with van der Waals surface area (Å²) in [5.74, 6) is -2.27. The second-order valence-electron chi connectivity index (χ2n) is 8.83. The van der Waals surface area contributed by atoms with Crippen LogP contribution in [0, 0.1) is 0 Å². The van der Waals surface area contributed by atoms with Gasteiger partial charge in [-0.15, -0.1) is 0 Å². The van der Waals surface area contributed by atoms with Crippen LogP contribution < -0.4 is 0 Å². The van der Waals surface area contributed by atoms with Crippen LogP contribution in [0.3, 0.4) is 0 Å². The van der Waals surface area contributed by atoms with Crippen LogP contribution in [0.1, 0.15) is 85.5 Å². The maximum Gasteiger partial charge on any atom is 0.305 e. The zero-order valence-corrected chi connectivity index (χ0v) is 22.5. The first-order valence-corrected chi connectivity index (χ1v) is 12.9. The third kappa shape index (κ3) is 11.1. The number of hydrogen-bond acceptors (Lipinski definition) is 8. The number of carbonyl (C=O) groups is 4. The molecular weight excluding hydrogens is 488 g/mol. The summed E-state index contributed by atoms with van der Waals surface area (Å²) >= 11 is 6.08. The highest BCUT2D eigenvalue weighted by molar-refractivity contribution is 6.46. The number of carbonyl (C=O) groups excluding carboxylic acids is 4. The van der Waals surface area contributed by atoms with Crippen LogP contribution in [0.25, 0.3) is 0 Å². The Balaban J connectivity index is 3.15. The lowest BCUT2D eigenvalue weighted by Crippen LogP contribution is -2.36. The van der Waals surface area contributed by atoms with Gasteiger partial charge in [0.05, 0.1) is 11.6 Å². The van der Waals surface area contributed by atoms with Gasteiger partial charge in [0, 0.05) is 32.3 Å². The van der Waals surface area contributed by atoms with Crippen molar-refractivity contribution in [2.24, 2.45) is 0 Å². The minimum atomic E-state index is -1.70. The third-order valence-electron chi connectivity index (χ3n) is 5.52. The lowest BCUT2D eigenvalue weighted by atomic mass is 9.90. The van der Waals surface area contributed by atoms with E-state index in [0.29, 0.717) is 19.4 Å². The largest absolute Gasteiger partial charge is 0.466 e. The van der Waals surface area contributed by atoms with E-state index in [9.17, 15) is 24.3 Å². The second kappa shape index (κ2) is 16.3. The predicted octanol–water partition coefficient (Wildman–Crippen LogP) is 4.86. The molecular formula is C27H39ClO8.